The quantitative estimate of drug-likeness (QED) is 0.885. The van der Waals surface area contributed by atoms with Crippen LogP contribution in [0.5, 0.6) is 0 Å². The number of nitrogens with zero attached hydrogens (tertiary/aromatic N) is 2. The zero-order valence-corrected chi connectivity index (χ0v) is 15.2. The first-order valence-electron chi connectivity index (χ1n) is 9.54. The lowest BCUT2D eigenvalue weighted by molar-refractivity contribution is -0.114. The molecule has 1 heterocycles. The van der Waals surface area contributed by atoms with Gasteiger partial charge in [0.2, 0.25) is 5.91 Å². The fraction of sp³-hybridized carbons (Fsp3) is 0.476. The number of aliphatic hydroxyl groups is 1. The number of aliphatic hydroxyl groups excluding tert-OH is 1. The summed E-state index contributed by atoms with van der Waals surface area (Å²) in [7, 11) is 0. The molecule has 0 aliphatic heterocycles. The van der Waals surface area contributed by atoms with E-state index in [0.717, 1.165) is 47.5 Å². The molecule has 2 N–H and O–H groups in total. The van der Waals surface area contributed by atoms with Gasteiger partial charge in [-0.05, 0) is 36.3 Å². The predicted octanol–water partition coefficient (Wildman–Crippen LogP) is 3.43. The molecule has 1 amide bonds. The molecule has 0 spiro atoms. The third kappa shape index (κ3) is 3.36. The number of carbonyl (C=O) groups excluding carboxylic acids is 1. The molecule has 2 aromatic rings. The molecule has 4 rings (SSSR count). The minimum atomic E-state index is -0.101. The predicted molar refractivity (Wildman–Crippen MR) is 101 cm³/mol. The Morgan fingerprint density at radius 1 is 1.23 bits per heavy atom. The van der Waals surface area contributed by atoms with E-state index in [1.54, 1.807) is 0 Å². The van der Waals surface area contributed by atoms with Crippen molar-refractivity contribution >= 4 is 11.7 Å². The number of benzene rings is 1. The summed E-state index contributed by atoms with van der Waals surface area (Å²) in [5, 5.41) is 12.3. The Morgan fingerprint density at radius 2 is 2.04 bits per heavy atom. The summed E-state index contributed by atoms with van der Waals surface area (Å²) in [6.45, 7) is 1.58. The molecular weight excluding hydrogens is 326 g/mol. The van der Waals surface area contributed by atoms with Crippen LogP contribution in [0.3, 0.4) is 0 Å². The summed E-state index contributed by atoms with van der Waals surface area (Å²) < 4.78 is 0. The molecule has 0 radical (unpaired) electrons. The van der Waals surface area contributed by atoms with Gasteiger partial charge in [0, 0.05) is 12.5 Å². The molecule has 0 bridgehead atoms. The standard InChI is InChI=1S/C21H25N3O2/c1-13(26)22-21-19(11-14-4-2-3-5-14)23-20-17-8-6-15(12-25)10-16(17)7-9-18(20)24-21/h6,8,10,14,25H,2-5,7,9,11-12H2,1H3,(H,22,24,26). The highest BCUT2D eigenvalue weighted by atomic mass is 16.3. The Balaban J connectivity index is 1.76. The minimum absolute atomic E-state index is 0.0558. The maximum absolute atomic E-state index is 11.6. The molecule has 1 aromatic heterocycles. The molecule has 26 heavy (non-hydrogen) atoms. The topological polar surface area (TPSA) is 75.1 Å². The van der Waals surface area contributed by atoms with Crippen LogP contribution < -0.4 is 5.32 Å². The van der Waals surface area contributed by atoms with E-state index in [4.69, 9.17) is 9.97 Å². The Kier molecular flexibility index (Phi) is 4.72. The molecule has 1 saturated carbocycles. The van der Waals surface area contributed by atoms with Gasteiger partial charge in [0.25, 0.3) is 0 Å². The zero-order valence-electron chi connectivity index (χ0n) is 15.2. The second-order valence-corrected chi connectivity index (χ2v) is 7.50. The number of amides is 1. The summed E-state index contributed by atoms with van der Waals surface area (Å²) in [5.74, 6) is 1.17. The van der Waals surface area contributed by atoms with E-state index < -0.39 is 0 Å². The van der Waals surface area contributed by atoms with Crippen molar-refractivity contribution in [2.75, 3.05) is 5.32 Å². The molecule has 0 saturated heterocycles. The molecule has 2 aliphatic carbocycles. The zero-order chi connectivity index (χ0) is 18.1. The highest BCUT2D eigenvalue weighted by Gasteiger charge is 2.24. The van der Waals surface area contributed by atoms with Crippen LogP contribution in [-0.4, -0.2) is 21.0 Å². The molecule has 1 fully saturated rings. The third-order valence-electron chi connectivity index (χ3n) is 5.53. The van der Waals surface area contributed by atoms with Crippen LogP contribution in [0.2, 0.25) is 0 Å². The number of aromatic nitrogens is 2. The highest BCUT2D eigenvalue weighted by Crippen LogP contribution is 2.35. The maximum atomic E-state index is 11.6. The molecule has 0 atom stereocenters. The summed E-state index contributed by atoms with van der Waals surface area (Å²) in [6, 6.07) is 6.07. The Labute approximate surface area is 153 Å². The van der Waals surface area contributed by atoms with Crippen LogP contribution >= 0.6 is 0 Å². The van der Waals surface area contributed by atoms with E-state index in [2.05, 4.69) is 11.4 Å². The monoisotopic (exact) mass is 351 g/mol. The van der Waals surface area contributed by atoms with Gasteiger partial charge in [0.05, 0.1) is 23.7 Å². The van der Waals surface area contributed by atoms with Crippen molar-refractivity contribution in [2.45, 2.75) is 58.5 Å². The number of carbonyl (C=O) groups is 1. The van der Waals surface area contributed by atoms with E-state index in [0.29, 0.717) is 11.7 Å². The number of rotatable bonds is 4. The molecule has 5 nitrogen and oxygen atoms in total. The van der Waals surface area contributed by atoms with E-state index in [1.165, 1.54) is 38.2 Å². The molecule has 136 valence electrons. The van der Waals surface area contributed by atoms with Gasteiger partial charge < -0.3 is 10.4 Å². The van der Waals surface area contributed by atoms with Crippen molar-refractivity contribution < 1.29 is 9.90 Å². The highest BCUT2D eigenvalue weighted by molar-refractivity contribution is 5.88. The average Bonchev–Trinajstić information content (AvgIpc) is 3.14. The Hall–Kier alpha value is -2.27. The largest absolute Gasteiger partial charge is 0.392 e. The summed E-state index contributed by atoms with van der Waals surface area (Å²) in [5.41, 5.74) is 6.06. The molecule has 1 aromatic carbocycles. The lowest BCUT2D eigenvalue weighted by Gasteiger charge is -2.22. The van der Waals surface area contributed by atoms with Crippen molar-refractivity contribution in [3.05, 3.63) is 40.7 Å². The lowest BCUT2D eigenvalue weighted by atomic mass is 9.90. The van der Waals surface area contributed by atoms with Gasteiger partial charge in [-0.25, -0.2) is 9.97 Å². The van der Waals surface area contributed by atoms with Gasteiger partial charge in [-0.3, -0.25) is 4.79 Å². The molecule has 2 aliphatic rings. The van der Waals surface area contributed by atoms with Gasteiger partial charge in [-0.1, -0.05) is 43.9 Å². The second-order valence-electron chi connectivity index (χ2n) is 7.50. The summed E-state index contributed by atoms with van der Waals surface area (Å²) in [4.78, 5) is 21.4. The van der Waals surface area contributed by atoms with E-state index in [-0.39, 0.29) is 12.5 Å². The normalized spacial score (nSPS) is 16.2. The van der Waals surface area contributed by atoms with Crippen molar-refractivity contribution in [3.63, 3.8) is 0 Å². The first kappa shape index (κ1) is 17.2. The number of aryl methyl sites for hydroxylation is 2. The van der Waals surface area contributed by atoms with Crippen LogP contribution in [0.25, 0.3) is 11.3 Å². The number of nitrogens with one attached hydrogen (secondary N) is 1. The van der Waals surface area contributed by atoms with Crippen molar-refractivity contribution in [1.29, 1.82) is 0 Å². The van der Waals surface area contributed by atoms with Crippen LogP contribution in [0.4, 0.5) is 5.82 Å². The van der Waals surface area contributed by atoms with Crippen LogP contribution in [0.15, 0.2) is 18.2 Å². The lowest BCUT2D eigenvalue weighted by Crippen LogP contribution is -2.17. The maximum Gasteiger partial charge on any atom is 0.222 e. The number of anilines is 1. The van der Waals surface area contributed by atoms with E-state index >= 15 is 0 Å². The Morgan fingerprint density at radius 3 is 2.77 bits per heavy atom. The third-order valence-corrected chi connectivity index (χ3v) is 5.53. The molecule has 0 unspecified atom stereocenters. The molecule has 5 heteroatoms. The van der Waals surface area contributed by atoms with Crippen LogP contribution in [-0.2, 0) is 30.7 Å². The van der Waals surface area contributed by atoms with Crippen LogP contribution in [0, 0.1) is 5.92 Å². The summed E-state index contributed by atoms with van der Waals surface area (Å²) >= 11 is 0. The number of fused-ring (bicyclic) bond motifs is 3. The number of hydrogen-bond acceptors (Lipinski definition) is 4. The van der Waals surface area contributed by atoms with Crippen molar-refractivity contribution in [1.82, 2.24) is 9.97 Å². The summed E-state index contributed by atoms with van der Waals surface area (Å²) in [6.07, 6.45) is 7.59. The number of hydrogen-bond donors (Lipinski definition) is 2. The SMILES string of the molecule is CC(=O)Nc1nc2c(nc1CC1CCCC1)-c1ccc(CO)cc1CC2. The van der Waals surface area contributed by atoms with Crippen molar-refractivity contribution in [2.24, 2.45) is 5.92 Å². The minimum Gasteiger partial charge on any atom is -0.392 e. The van der Waals surface area contributed by atoms with E-state index in [9.17, 15) is 9.90 Å². The van der Waals surface area contributed by atoms with Gasteiger partial charge >= 0.3 is 0 Å². The van der Waals surface area contributed by atoms with Crippen LogP contribution in [0.1, 0.15) is 55.1 Å². The van der Waals surface area contributed by atoms with Gasteiger partial charge in [-0.2, -0.15) is 0 Å². The molecular formula is C21H25N3O2. The smallest absolute Gasteiger partial charge is 0.222 e. The fourth-order valence-electron chi connectivity index (χ4n) is 4.23. The average molecular weight is 351 g/mol. The first-order valence-corrected chi connectivity index (χ1v) is 9.54. The van der Waals surface area contributed by atoms with Gasteiger partial charge in [0.15, 0.2) is 5.82 Å². The van der Waals surface area contributed by atoms with E-state index in [1.807, 2.05) is 12.1 Å². The Bertz CT molecular complexity index is 841. The van der Waals surface area contributed by atoms with Gasteiger partial charge in [0.1, 0.15) is 0 Å². The first-order chi connectivity index (χ1) is 12.6. The van der Waals surface area contributed by atoms with Crippen molar-refractivity contribution in [3.8, 4) is 11.3 Å². The van der Waals surface area contributed by atoms with Gasteiger partial charge in [-0.15, -0.1) is 0 Å². The fourth-order valence-corrected chi connectivity index (χ4v) is 4.23. The second kappa shape index (κ2) is 7.16.